The average Bonchev–Trinajstić information content (AvgIpc) is 3.48. The largest absolute Gasteiger partial charge is 1.00 e. The van der Waals surface area contributed by atoms with Crippen LogP contribution in [0.3, 0.4) is 0 Å². The molecule has 9 nitrogen and oxygen atoms in total. The van der Waals surface area contributed by atoms with Crippen LogP contribution in [0.2, 0.25) is 0 Å². The van der Waals surface area contributed by atoms with Crippen LogP contribution in [0.15, 0.2) is 36.4 Å². The quantitative estimate of drug-likeness (QED) is 0.390. The fourth-order valence-electron chi connectivity index (χ4n) is 5.33. The van der Waals surface area contributed by atoms with Crippen LogP contribution in [0.4, 0.5) is 11.6 Å². The Bertz CT molecular complexity index is 1340. The first kappa shape index (κ1) is 26.7. The van der Waals surface area contributed by atoms with E-state index in [0.29, 0.717) is 26.4 Å². The molecule has 3 aliphatic heterocycles. The third kappa shape index (κ3) is 5.08. The van der Waals surface area contributed by atoms with Crippen LogP contribution in [0.25, 0.3) is 11.1 Å². The van der Waals surface area contributed by atoms with Gasteiger partial charge in [-0.25, -0.2) is 9.97 Å². The number of esters is 1. The Labute approximate surface area is 245 Å². The Morgan fingerprint density at radius 3 is 2.55 bits per heavy atom. The van der Waals surface area contributed by atoms with E-state index < -0.39 is 0 Å². The molecule has 4 heterocycles. The van der Waals surface area contributed by atoms with Crippen LogP contribution in [0.1, 0.15) is 43.0 Å². The second-order valence-electron chi connectivity index (χ2n) is 9.56. The molecular weight excluding hydrogens is 495 g/mol. The zero-order valence-corrected chi connectivity index (χ0v) is 24.2. The molecule has 0 unspecified atom stereocenters. The van der Waals surface area contributed by atoms with Crippen molar-refractivity contribution in [3.63, 3.8) is 0 Å². The first-order chi connectivity index (χ1) is 18.0. The fraction of sp³-hybridized carbons (Fsp3) is 0.393. The van der Waals surface area contributed by atoms with Gasteiger partial charge in [0.25, 0.3) is 0 Å². The molecular formula is C28H31N4NaO5. The number of carbonyl (C=O) groups excluding carboxylic acids is 1. The SMILES string of the molecule is CC(=O)O[C@@H]1COc2cc(N[C@@H]3COc4c(-c5c(C)nc(N6CCOCC6)nc5C)cccc43)ccc21.[H-].[Na+]. The Hall–Kier alpha value is -2.85. The van der Waals surface area contributed by atoms with E-state index in [1.54, 1.807) is 0 Å². The number of nitrogens with zero attached hydrogens (tertiary/aromatic N) is 3. The standard InChI is InChI=1S/C28H30N4O5.Na.H/c1-16-26(17(2)30-28(29-16)32-9-11-34-12-10-32)22-6-4-5-20-23(14-36-27(20)22)31-19-7-8-21-24(13-19)35-15-25(21)37-18(3)33;;/h4-8,13,23,25,31H,9-12,14-15H2,1-3H3;;/q;+1;-1/t23-,25-;;/m1../s1. The molecule has 2 atom stereocenters. The van der Waals surface area contributed by atoms with Crippen molar-refractivity contribution in [1.82, 2.24) is 9.97 Å². The summed E-state index contributed by atoms with van der Waals surface area (Å²) >= 11 is 0. The summed E-state index contributed by atoms with van der Waals surface area (Å²) < 4.78 is 22.8. The van der Waals surface area contributed by atoms with E-state index in [0.717, 1.165) is 69.9 Å². The Morgan fingerprint density at radius 2 is 1.82 bits per heavy atom. The number of para-hydroxylation sites is 1. The molecule has 0 amide bonds. The van der Waals surface area contributed by atoms with Crippen LogP contribution < -0.4 is 49.2 Å². The number of aromatic nitrogens is 2. The third-order valence-corrected chi connectivity index (χ3v) is 7.04. The van der Waals surface area contributed by atoms with E-state index in [2.05, 4.69) is 28.4 Å². The van der Waals surface area contributed by atoms with Crippen molar-refractivity contribution in [2.24, 2.45) is 0 Å². The molecule has 2 aromatic carbocycles. The number of carbonyl (C=O) groups is 1. The average molecular weight is 527 g/mol. The number of fused-ring (bicyclic) bond motifs is 2. The van der Waals surface area contributed by atoms with Crippen molar-refractivity contribution in [3.8, 4) is 22.6 Å². The zero-order valence-electron chi connectivity index (χ0n) is 23.2. The summed E-state index contributed by atoms with van der Waals surface area (Å²) in [6.45, 7) is 9.31. The van der Waals surface area contributed by atoms with Crippen molar-refractivity contribution in [2.45, 2.75) is 32.9 Å². The molecule has 38 heavy (non-hydrogen) atoms. The number of ether oxygens (including phenoxy) is 4. The number of anilines is 2. The maximum atomic E-state index is 11.4. The van der Waals surface area contributed by atoms with Gasteiger partial charge in [-0.05, 0) is 26.0 Å². The molecule has 6 rings (SSSR count). The summed E-state index contributed by atoms with van der Waals surface area (Å²) in [5, 5.41) is 3.58. The Morgan fingerprint density at radius 1 is 1.05 bits per heavy atom. The number of aryl methyl sites for hydroxylation is 2. The van der Waals surface area contributed by atoms with Gasteiger partial charge >= 0.3 is 35.5 Å². The van der Waals surface area contributed by atoms with Gasteiger partial charge < -0.3 is 30.6 Å². The van der Waals surface area contributed by atoms with Gasteiger partial charge in [-0.3, -0.25) is 4.79 Å². The minimum Gasteiger partial charge on any atom is -1.00 e. The van der Waals surface area contributed by atoms with Crippen molar-refractivity contribution >= 4 is 17.6 Å². The first-order valence-electron chi connectivity index (χ1n) is 12.6. The number of hydrogen-bond acceptors (Lipinski definition) is 9. The molecule has 1 N–H and O–H groups in total. The predicted molar refractivity (Wildman–Crippen MR) is 139 cm³/mol. The maximum absolute atomic E-state index is 11.4. The van der Waals surface area contributed by atoms with Gasteiger partial charge in [0.15, 0.2) is 6.10 Å². The molecule has 0 aliphatic carbocycles. The molecule has 1 fully saturated rings. The Kier molecular flexibility index (Phi) is 7.81. The fourth-order valence-corrected chi connectivity index (χ4v) is 5.33. The van der Waals surface area contributed by atoms with E-state index >= 15 is 0 Å². The van der Waals surface area contributed by atoms with E-state index in [9.17, 15) is 4.79 Å². The molecule has 3 aliphatic rings. The monoisotopic (exact) mass is 526 g/mol. The topological polar surface area (TPSA) is 95.0 Å². The van der Waals surface area contributed by atoms with E-state index in [1.165, 1.54) is 6.92 Å². The molecule has 0 radical (unpaired) electrons. The van der Waals surface area contributed by atoms with E-state index in [4.69, 9.17) is 28.9 Å². The number of hydrogen-bond donors (Lipinski definition) is 1. The second kappa shape index (κ2) is 11.1. The van der Waals surface area contributed by atoms with Gasteiger partial charge in [0.1, 0.15) is 24.7 Å². The third-order valence-electron chi connectivity index (χ3n) is 7.04. The zero-order chi connectivity index (χ0) is 25.5. The minimum atomic E-state index is -0.358. The van der Waals surface area contributed by atoms with Crippen molar-refractivity contribution < 1.29 is 54.7 Å². The second-order valence-corrected chi connectivity index (χ2v) is 9.56. The maximum Gasteiger partial charge on any atom is 1.00 e. The molecule has 0 spiro atoms. The van der Waals surface area contributed by atoms with Crippen LogP contribution in [-0.4, -0.2) is 55.5 Å². The van der Waals surface area contributed by atoms with Gasteiger partial charge in [0.05, 0.1) is 30.6 Å². The van der Waals surface area contributed by atoms with Gasteiger partial charge in [-0.15, -0.1) is 0 Å². The summed E-state index contributed by atoms with van der Waals surface area (Å²) in [4.78, 5) is 23.2. The van der Waals surface area contributed by atoms with Crippen LogP contribution in [-0.2, 0) is 14.3 Å². The number of rotatable bonds is 5. The molecule has 1 saturated heterocycles. The first-order valence-corrected chi connectivity index (χ1v) is 12.6. The minimum absolute atomic E-state index is 0. The summed E-state index contributed by atoms with van der Waals surface area (Å²) in [6, 6.07) is 12.1. The summed E-state index contributed by atoms with van der Waals surface area (Å²) in [7, 11) is 0. The van der Waals surface area contributed by atoms with Gasteiger partial charge in [-0.2, -0.15) is 0 Å². The van der Waals surface area contributed by atoms with E-state index in [1.807, 2.05) is 32.0 Å². The summed E-state index contributed by atoms with van der Waals surface area (Å²) in [5.74, 6) is 2.03. The summed E-state index contributed by atoms with van der Waals surface area (Å²) in [5.41, 5.74) is 6.77. The molecule has 194 valence electrons. The van der Waals surface area contributed by atoms with Crippen molar-refractivity contribution in [3.05, 3.63) is 58.9 Å². The Balaban J connectivity index is 0.00000176. The van der Waals surface area contributed by atoms with Crippen LogP contribution >= 0.6 is 0 Å². The van der Waals surface area contributed by atoms with Gasteiger partial charge in [-0.1, -0.05) is 18.2 Å². The van der Waals surface area contributed by atoms with Crippen LogP contribution in [0, 0.1) is 13.8 Å². The smallest absolute Gasteiger partial charge is 1.00 e. The predicted octanol–water partition coefficient (Wildman–Crippen LogP) is 1.26. The van der Waals surface area contributed by atoms with Crippen molar-refractivity contribution in [1.29, 1.82) is 0 Å². The molecule has 1 aromatic heterocycles. The normalized spacial score (nSPS) is 19.5. The number of benzene rings is 2. The van der Waals surface area contributed by atoms with E-state index in [-0.39, 0.29) is 49.1 Å². The molecule has 3 aromatic rings. The van der Waals surface area contributed by atoms with Gasteiger partial charge in [0, 0.05) is 54.0 Å². The summed E-state index contributed by atoms with van der Waals surface area (Å²) in [6.07, 6.45) is -0.358. The molecule has 0 saturated carbocycles. The van der Waals surface area contributed by atoms with Crippen molar-refractivity contribution in [2.75, 3.05) is 49.7 Å². The van der Waals surface area contributed by atoms with Crippen LogP contribution in [0.5, 0.6) is 11.5 Å². The number of morpholine rings is 1. The number of nitrogens with one attached hydrogen (secondary N) is 1. The molecule has 0 bridgehead atoms. The van der Waals surface area contributed by atoms with Gasteiger partial charge in [0.2, 0.25) is 5.95 Å². The molecule has 10 heteroatoms.